The highest BCUT2D eigenvalue weighted by Crippen LogP contribution is 2.25. The molecule has 1 amide bonds. The molecule has 0 fully saturated rings. The molecular weight excluding hydrogens is 441 g/mol. The summed E-state index contributed by atoms with van der Waals surface area (Å²) in [5, 5.41) is 12.5. The van der Waals surface area contributed by atoms with Gasteiger partial charge < -0.3 is 5.32 Å². The zero-order valence-corrected chi connectivity index (χ0v) is 17.0. The van der Waals surface area contributed by atoms with Gasteiger partial charge in [-0.05, 0) is 35.0 Å². The Kier molecular flexibility index (Phi) is 6.01. The molecule has 26 heavy (non-hydrogen) atoms. The summed E-state index contributed by atoms with van der Waals surface area (Å²) in [4.78, 5) is 12.1. The van der Waals surface area contributed by atoms with Crippen LogP contribution in [-0.4, -0.2) is 25.5 Å². The van der Waals surface area contributed by atoms with Crippen molar-refractivity contribution in [2.45, 2.75) is 26.4 Å². The Morgan fingerprint density at radius 1 is 1.27 bits per heavy atom. The smallest absolute Gasteiger partial charge is 0.227 e. The van der Waals surface area contributed by atoms with Crippen molar-refractivity contribution in [1.82, 2.24) is 19.6 Å². The number of hydrogen-bond acceptors (Lipinski definition) is 3. The maximum absolute atomic E-state index is 12.1. The molecule has 0 saturated heterocycles. The van der Waals surface area contributed by atoms with Crippen LogP contribution in [0.25, 0.3) is 0 Å². The summed E-state index contributed by atoms with van der Waals surface area (Å²) in [6.07, 6.45) is 3.79. The molecule has 0 saturated carbocycles. The van der Waals surface area contributed by atoms with Crippen molar-refractivity contribution < 1.29 is 4.79 Å². The van der Waals surface area contributed by atoms with Crippen LogP contribution in [0.2, 0.25) is 10.0 Å². The largest absolute Gasteiger partial charge is 0.309 e. The van der Waals surface area contributed by atoms with Crippen LogP contribution in [0, 0.1) is 6.92 Å². The van der Waals surface area contributed by atoms with Gasteiger partial charge in [0.1, 0.15) is 0 Å². The Balaban J connectivity index is 1.58. The number of amides is 1. The molecule has 6 nitrogen and oxygen atoms in total. The molecule has 3 aromatic rings. The fourth-order valence-electron chi connectivity index (χ4n) is 2.42. The predicted molar refractivity (Wildman–Crippen MR) is 106 cm³/mol. The molecule has 1 aromatic carbocycles. The lowest BCUT2D eigenvalue weighted by Gasteiger charge is -2.07. The van der Waals surface area contributed by atoms with Crippen molar-refractivity contribution >= 4 is 50.9 Å². The van der Waals surface area contributed by atoms with Crippen LogP contribution < -0.4 is 5.32 Å². The number of benzene rings is 1. The van der Waals surface area contributed by atoms with E-state index in [1.807, 2.05) is 6.92 Å². The number of rotatable bonds is 6. The molecule has 0 spiro atoms. The molecule has 1 N–H and O–H groups in total. The number of nitrogens with zero attached hydrogens (tertiary/aromatic N) is 4. The quantitative estimate of drug-likeness (QED) is 0.592. The van der Waals surface area contributed by atoms with Gasteiger partial charge in [-0.2, -0.15) is 10.2 Å². The number of halogens is 3. The van der Waals surface area contributed by atoms with E-state index in [4.69, 9.17) is 23.2 Å². The zero-order valence-electron chi connectivity index (χ0n) is 13.9. The molecule has 0 unspecified atom stereocenters. The molecule has 0 aliphatic rings. The van der Waals surface area contributed by atoms with Gasteiger partial charge >= 0.3 is 0 Å². The average Bonchev–Trinajstić information content (AvgIpc) is 3.17. The second-order valence-electron chi connectivity index (χ2n) is 5.70. The minimum Gasteiger partial charge on any atom is -0.309 e. The van der Waals surface area contributed by atoms with Gasteiger partial charge in [-0.25, -0.2) is 0 Å². The van der Waals surface area contributed by atoms with Crippen molar-refractivity contribution in [3.8, 4) is 0 Å². The highest BCUT2D eigenvalue weighted by molar-refractivity contribution is 9.10. The monoisotopic (exact) mass is 455 g/mol. The number of carbonyl (C=O) groups excluding carboxylic acids is 1. The minimum absolute atomic E-state index is 0.128. The summed E-state index contributed by atoms with van der Waals surface area (Å²) in [5.41, 5.74) is 1.77. The standard InChI is InChI=1S/C17H16BrCl2N5O/c1-11-13(18)9-21-25(11)8-6-17(26)22-16-5-7-24(23-16)10-12-14(19)3-2-4-15(12)20/h2-5,7,9H,6,8,10H2,1H3,(H,22,23,26). The van der Waals surface area contributed by atoms with E-state index in [1.54, 1.807) is 46.0 Å². The summed E-state index contributed by atoms with van der Waals surface area (Å²) < 4.78 is 4.38. The average molecular weight is 457 g/mol. The number of aryl methyl sites for hydroxylation is 1. The molecule has 0 aliphatic heterocycles. The Morgan fingerprint density at radius 2 is 2.00 bits per heavy atom. The number of carbonyl (C=O) groups is 1. The first kappa shape index (κ1) is 18.9. The van der Waals surface area contributed by atoms with Crippen LogP contribution >= 0.6 is 39.1 Å². The third-order valence-electron chi connectivity index (χ3n) is 3.88. The highest BCUT2D eigenvalue weighted by Gasteiger charge is 2.10. The van der Waals surface area contributed by atoms with E-state index in [1.165, 1.54) is 0 Å². The van der Waals surface area contributed by atoms with Gasteiger partial charge in [0.25, 0.3) is 0 Å². The molecule has 2 aromatic heterocycles. The van der Waals surface area contributed by atoms with Crippen LogP contribution in [-0.2, 0) is 17.9 Å². The minimum atomic E-state index is -0.128. The summed E-state index contributed by atoms with van der Waals surface area (Å²) >= 11 is 15.8. The van der Waals surface area contributed by atoms with E-state index in [0.29, 0.717) is 35.4 Å². The number of aromatic nitrogens is 4. The van der Waals surface area contributed by atoms with E-state index in [0.717, 1.165) is 15.7 Å². The lowest BCUT2D eigenvalue weighted by molar-refractivity contribution is -0.116. The summed E-state index contributed by atoms with van der Waals surface area (Å²) in [5.74, 6) is 0.355. The Labute approximate surface area is 169 Å². The van der Waals surface area contributed by atoms with E-state index < -0.39 is 0 Å². The van der Waals surface area contributed by atoms with E-state index in [9.17, 15) is 4.79 Å². The van der Waals surface area contributed by atoms with Gasteiger partial charge in [-0.15, -0.1) is 0 Å². The first-order chi connectivity index (χ1) is 12.4. The number of anilines is 1. The van der Waals surface area contributed by atoms with Crippen molar-refractivity contribution in [1.29, 1.82) is 0 Å². The van der Waals surface area contributed by atoms with Gasteiger partial charge in [0.05, 0.1) is 23.8 Å². The second kappa shape index (κ2) is 8.24. The molecular formula is C17H16BrCl2N5O. The van der Waals surface area contributed by atoms with Crippen LogP contribution in [0.5, 0.6) is 0 Å². The van der Waals surface area contributed by atoms with Crippen molar-refractivity contribution in [2.24, 2.45) is 0 Å². The second-order valence-corrected chi connectivity index (χ2v) is 7.37. The lowest BCUT2D eigenvalue weighted by atomic mass is 10.2. The van der Waals surface area contributed by atoms with E-state index >= 15 is 0 Å². The van der Waals surface area contributed by atoms with Crippen molar-refractivity contribution in [3.05, 3.63) is 62.4 Å². The maximum atomic E-state index is 12.1. The van der Waals surface area contributed by atoms with Crippen molar-refractivity contribution in [3.63, 3.8) is 0 Å². The molecule has 2 heterocycles. The molecule has 3 rings (SSSR count). The number of nitrogens with one attached hydrogen (secondary N) is 1. The topological polar surface area (TPSA) is 64.7 Å². The molecule has 9 heteroatoms. The van der Waals surface area contributed by atoms with Gasteiger partial charge in [0.15, 0.2) is 5.82 Å². The summed E-state index contributed by atoms with van der Waals surface area (Å²) in [6, 6.07) is 7.09. The number of hydrogen-bond donors (Lipinski definition) is 1. The predicted octanol–water partition coefficient (Wildman–Crippen LogP) is 4.53. The van der Waals surface area contributed by atoms with Crippen molar-refractivity contribution in [2.75, 3.05) is 5.32 Å². The molecule has 0 bridgehead atoms. The molecule has 136 valence electrons. The first-order valence-electron chi connectivity index (χ1n) is 7.88. The van der Waals surface area contributed by atoms with Gasteiger partial charge in [-0.1, -0.05) is 29.3 Å². The molecule has 0 radical (unpaired) electrons. The normalized spacial score (nSPS) is 10.9. The fourth-order valence-corrected chi connectivity index (χ4v) is 3.24. The summed E-state index contributed by atoms with van der Waals surface area (Å²) in [6.45, 7) is 2.87. The fraction of sp³-hybridized carbons (Fsp3) is 0.235. The Bertz CT molecular complexity index is 917. The third kappa shape index (κ3) is 4.47. The van der Waals surface area contributed by atoms with Gasteiger partial charge in [-0.3, -0.25) is 14.2 Å². The summed E-state index contributed by atoms with van der Waals surface area (Å²) in [7, 11) is 0. The van der Waals surface area contributed by atoms with Crippen LogP contribution in [0.3, 0.4) is 0 Å². The SMILES string of the molecule is Cc1c(Br)cnn1CCC(=O)Nc1ccn(Cc2c(Cl)cccc2Cl)n1. The van der Waals surface area contributed by atoms with Crippen LogP contribution in [0.1, 0.15) is 17.7 Å². The lowest BCUT2D eigenvalue weighted by Crippen LogP contribution is -2.16. The van der Waals surface area contributed by atoms with E-state index in [-0.39, 0.29) is 5.91 Å². The highest BCUT2D eigenvalue weighted by atomic mass is 79.9. The molecule has 0 aliphatic carbocycles. The van der Waals surface area contributed by atoms with Gasteiger partial charge in [0.2, 0.25) is 5.91 Å². The Morgan fingerprint density at radius 3 is 2.65 bits per heavy atom. The van der Waals surface area contributed by atoms with Crippen LogP contribution in [0.4, 0.5) is 5.82 Å². The Hall–Kier alpha value is -1.83. The third-order valence-corrected chi connectivity index (χ3v) is 5.37. The maximum Gasteiger partial charge on any atom is 0.227 e. The van der Waals surface area contributed by atoms with E-state index in [2.05, 4.69) is 31.4 Å². The zero-order chi connectivity index (χ0) is 18.7. The first-order valence-corrected chi connectivity index (χ1v) is 9.43. The van der Waals surface area contributed by atoms with Crippen LogP contribution in [0.15, 0.2) is 41.1 Å². The molecule has 0 atom stereocenters. The van der Waals surface area contributed by atoms with Gasteiger partial charge in [0, 0.05) is 40.0 Å².